The van der Waals surface area contributed by atoms with Crippen molar-refractivity contribution in [1.29, 1.82) is 0 Å². The topological polar surface area (TPSA) is 89.4 Å². The summed E-state index contributed by atoms with van der Waals surface area (Å²) in [5, 5.41) is 2.40. The second-order valence-electron chi connectivity index (χ2n) is 3.92. The molecule has 0 spiro atoms. The largest absolute Gasteiger partial charge is 0.397 e. The average molecular weight is 259 g/mol. The number of carbonyl (C=O) groups is 2. The van der Waals surface area contributed by atoms with Crippen LogP contribution < -0.4 is 16.4 Å². The number of amides is 2. The van der Waals surface area contributed by atoms with Gasteiger partial charge < -0.3 is 11.5 Å². The minimum Gasteiger partial charge on any atom is -0.397 e. The maximum absolute atomic E-state index is 12.2. The van der Waals surface area contributed by atoms with E-state index in [9.17, 15) is 9.59 Å². The van der Waals surface area contributed by atoms with Crippen molar-refractivity contribution in [2.24, 2.45) is 0 Å². The van der Waals surface area contributed by atoms with Crippen LogP contribution in [0.4, 0.5) is 16.4 Å². The molecule has 0 saturated heterocycles. The third-order valence-electron chi connectivity index (χ3n) is 2.82. The number of thiophene rings is 1. The second kappa shape index (κ2) is 3.58. The van der Waals surface area contributed by atoms with Gasteiger partial charge in [-0.3, -0.25) is 9.59 Å². The molecule has 4 N–H and O–H groups in total. The van der Waals surface area contributed by atoms with Gasteiger partial charge in [-0.15, -0.1) is 11.3 Å². The van der Waals surface area contributed by atoms with Crippen LogP contribution in [0.1, 0.15) is 20.7 Å². The number of imide groups is 1. The van der Waals surface area contributed by atoms with Gasteiger partial charge in [-0.2, -0.15) is 0 Å². The van der Waals surface area contributed by atoms with Crippen molar-refractivity contribution in [3.05, 3.63) is 40.8 Å². The Hall–Kier alpha value is -2.34. The Morgan fingerprint density at radius 1 is 1.00 bits per heavy atom. The van der Waals surface area contributed by atoms with Crippen LogP contribution in [-0.4, -0.2) is 11.8 Å². The van der Waals surface area contributed by atoms with Crippen molar-refractivity contribution < 1.29 is 9.59 Å². The van der Waals surface area contributed by atoms with Gasteiger partial charge in [0.1, 0.15) is 5.00 Å². The number of fused-ring (bicyclic) bond motifs is 1. The number of anilines is 3. The van der Waals surface area contributed by atoms with Gasteiger partial charge in [0.05, 0.1) is 22.5 Å². The van der Waals surface area contributed by atoms with E-state index in [1.54, 1.807) is 12.1 Å². The van der Waals surface area contributed by atoms with E-state index in [2.05, 4.69) is 0 Å². The van der Waals surface area contributed by atoms with Crippen LogP contribution in [0.25, 0.3) is 0 Å². The molecule has 5 nitrogen and oxygen atoms in total. The van der Waals surface area contributed by atoms with E-state index in [0.717, 1.165) is 4.90 Å². The summed E-state index contributed by atoms with van der Waals surface area (Å²) in [7, 11) is 0. The third-order valence-corrected chi connectivity index (χ3v) is 3.67. The fourth-order valence-corrected chi connectivity index (χ4v) is 2.64. The highest BCUT2D eigenvalue weighted by molar-refractivity contribution is 7.14. The van der Waals surface area contributed by atoms with E-state index in [1.165, 1.54) is 23.5 Å². The summed E-state index contributed by atoms with van der Waals surface area (Å²) in [5.74, 6) is -0.715. The smallest absolute Gasteiger partial charge is 0.266 e. The molecule has 2 amide bonds. The van der Waals surface area contributed by atoms with Gasteiger partial charge in [0.2, 0.25) is 0 Å². The van der Waals surface area contributed by atoms with E-state index < -0.39 is 0 Å². The maximum Gasteiger partial charge on any atom is 0.266 e. The van der Waals surface area contributed by atoms with E-state index in [0.29, 0.717) is 27.5 Å². The number of benzene rings is 1. The molecule has 90 valence electrons. The predicted molar refractivity (Wildman–Crippen MR) is 70.7 cm³/mol. The number of nitrogen functional groups attached to an aromatic ring is 2. The van der Waals surface area contributed by atoms with Gasteiger partial charge in [0.25, 0.3) is 11.8 Å². The third kappa shape index (κ3) is 1.32. The van der Waals surface area contributed by atoms with Gasteiger partial charge in [-0.05, 0) is 29.6 Å². The fraction of sp³-hybridized carbons (Fsp3) is 0. The first-order valence-corrected chi connectivity index (χ1v) is 6.09. The van der Waals surface area contributed by atoms with Crippen LogP contribution in [0.15, 0.2) is 29.6 Å². The van der Waals surface area contributed by atoms with Gasteiger partial charge in [0, 0.05) is 0 Å². The molecule has 3 rings (SSSR count). The highest BCUT2D eigenvalue weighted by Gasteiger charge is 2.37. The molecule has 0 fully saturated rings. The minimum atomic E-state index is -0.357. The summed E-state index contributed by atoms with van der Waals surface area (Å²) in [6.07, 6.45) is 0. The molecule has 0 atom stereocenters. The van der Waals surface area contributed by atoms with E-state index in [4.69, 9.17) is 11.5 Å². The zero-order chi connectivity index (χ0) is 12.9. The molecule has 1 aliphatic rings. The number of nitrogens with two attached hydrogens (primary N) is 2. The summed E-state index contributed by atoms with van der Waals surface area (Å²) in [4.78, 5) is 25.5. The molecular formula is C12H9N3O2S. The van der Waals surface area contributed by atoms with Gasteiger partial charge in [0.15, 0.2) is 0 Å². The molecule has 1 aromatic carbocycles. The standard InChI is InChI=1S/C12H9N3O2S/c13-8-4-6-7(5-9(8)14)12(17)15(11(6)16)10-2-1-3-18-10/h1-5H,13-14H2. The van der Waals surface area contributed by atoms with Crippen molar-refractivity contribution in [2.45, 2.75) is 0 Å². The molecule has 6 heteroatoms. The molecule has 2 heterocycles. The number of rotatable bonds is 1. The van der Waals surface area contributed by atoms with Crippen LogP contribution in [0, 0.1) is 0 Å². The predicted octanol–water partition coefficient (Wildman–Crippen LogP) is 1.71. The Kier molecular flexibility index (Phi) is 2.14. The Morgan fingerprint density at radius 2 is 1.56 bits per heavy atom. The molecule has 0 unspecified atom stereocenters. The number of carbonyl (C=O) groups excluding carboxylic acids is 2. The summed E-state index contributed by atoms with van der Waals surface area (Å²) >= 11 is 1.33. The molecule has 18 heavy (non-hydrogen) atoms. The van der Waals surface area contributed by atoms with Gasteiger partial charge in [-0.1, -0.05) is 0 Å². The van der Waals surface area contributed by atoms with Gasteiger partial charge >= 0.3 is 0 Å². The molecule has 0 bridgehead atoms. The first kappa shape index (κ1) is 10.8. The highest BCUT2D eigenvalue weighted by atomic mass is 32.1. The van der Waals surface area contributed by atoms with Crippen LogP contribution in [-0.2, 0) is 0 Å². The Labute approximate surface area is 107 Å². The van der Waals surface area contributed by atoms with Crippen molar-refractivity contribution in [1.82, 2.24) is 0 Å². The molecule has 2 aromatic rings. The summed E-state index contributed by atoms with van der Waals surface area (Å²) in [6.45, 7) is 0. The molecule has 0 radical (unpaired) electrons. The summed E-state index contributed by atoms with van der Waals surface area (Å²) in [6, 6.07) is 6.42. The van der Waals surface area contributed by atoms with Crippen LogP contribution in [0.2, 0.25) is 0 Å². The Bertz CT molecular complexity index is 623. The monoisotopic (exact) mass is 259 g/mol. The number of nitrogens with zero attached hydrogens (tertiary/aromatic N) is 1. The number of hydrogen-bond donors (Lipinski definition) is 2. The summed E-state index contributed by atoms with van der Waals surface area (Å²) in [5.41, 5.74) is 12.5. The zero-order valence-electron chi connectivity index (χ0n) is 9.21. The normalized spacial score (nSPS) is 14.1. The van der Waals surface area contributed by atoms with E-state index in [1.807, 2.05) is 5.38 Å². The van der Waals surface area contributed by atoms with Crippen molar-refractivity contribution >= 4 is 39.5 Å². The molecule has 1 aliphatic heterocycles. The van der Waals surface area contributed by atoms with Crippen molar-refractivity contribution in [3.8, 4) is 0 Å². The molecular weight excluding hydrogens is 250 g/mol. The fourth-order valence-electron chi connectivity index (χ4n) is 1.92. The maximum atomic E-state index is 12.2. The lowest BCUT2D eigenvalue weighted by molar-refractivity contribution is 0.0927. The molecule has 0 saturated carbocycles. The van der Waals surface area contributed by atoms with Crippen molar-refractivity contribution in [2.75, 3.05) is 16.4 Å². The lowest BCUT2D eigenvalue weighted by atomic mass is 10.1. The average Bonchev–Trinajstić information content (AvgIpc) is 2.91. The van der Waals surface area contributed by atoms with Crippen LogP contribution >= 0.6 is 11.3 Å². The quantitative estimate of drug-likeness (QED) is 0.602. The van der Waals surface area contributed by atoms with Gasteiger partial charge in [-0.25, -0.2) is 4.90 Å². The van der Waals surface area contributed by atoms with E-state index in [-0.39, 0.29) is 11.8 Å². The molecule has 0 aliphatic carbocycles. The minimum absolute atomic E-state index is 0.306. The van der Waals surface area contributed by atoms with E-state index >= 15 is 0 Å². The van der Waals surface area contributed by atoms with Crippen LogP contribution in [0.3, 0.4) is 0 Å². The lowest BCUT2D eigenvalue weighted by Gasteiger charge is -2.09. The highest BCUT2D eigenvalue weighted by Crippen LogP contribution is 2.33. The zero-order valence-corrected chi connectivity index (χ0v) is 10.0. The Morgan fingerprint density at radius 3 is 2.00 bits per heavy atom. The SMILES string of the molecule is Nc1cc2c(cc1N)C(=O)N(c1cccs1)C2=O. The van der Waals surface area contributed by atoms with Crippen LogP contribution in [0.5, 0.6) is 0 Å². The number of hydrogen-bond acceptors (Lipinski definition) is 5. The first-order valence-electron chi connectivity index (χ1n) is 5.21. The summed E-state index contributed by atoms with van der Waals surface area (Å²) < 4.78 is 0. The lowest BCUT2D eigenvalue weighted by Crippen LogP contribution is -2.28. The first-order chi connectivity index (χ1) is 8.59. The Balaban J connectivity index is 2.17. The second-order valence-corrected chi connectivity index (χ2v) is 4.85. The molecule has 1 aromatic heterocycles. The van der Waals surface area contributed by atoms with Crippen molar-refractivity contribution in [3.63, 3.8) is 0 Å².